The molecule has 1 N–H and O–H groups in total. The normalized spacial score (nSPS) is 17.6. The summed E-state index contributed by atoms with van der Waals surface area (Å²) in [5, 5.41) is 4.63. The molecule has 0 radical (unpaired) electrons. The van der Waals surface area contributed by atoms with E-state index in [0.29, 0.717) is 18.4 Å². The van der Waals surface area contributed by atoms with Crippen molar-refractivity contribution in [2.24, 2.45) is 0 Å². The standard InChI is InChI=1S/C18H21F2N3O2S/c19-15-5-6-16(20)14(9-15)11-26(24,25)21-7-8-23-18(13-3-4-13)10-17(22-23)12-1-2-12/h5-6,9-10,12-13,21H,1-4,7-8,11H2. The van der Waals surface area contributed by atoms with Gasteiger partial charge in [-0.25, -0.2) is 21.9 Å². The molecule has 0 amide bonds. The van der Waals surface area contributed by atoms with Crippen LogP contribution in [0.25, 0.3) is 0 Å². The topological polar surface area (TPSA) is 64.0 Å². The lowest BCUT2D eigenvalue weighted by Crippen LogP contribution is -2.29. The van der Waals surface area contributed by atoms with Crippen LogP contribution < -0.4 is 4.72 Å². The summed E-state index contributed by atoms with van der Waals surface area (Å²) in [4.78, 5) is 0. The predicted molar refractivity (Wildman–Crippen MR) is 93.2 cm³/mol. The Hall–Kier alpha value is -1.80. The first-order chi connectivity index (χ1) is 12.4. The number of hydrogen-bond donors (Lipinski definition) is 1. The molecule has 0 aliphatic heterocycles. The summed E-state index contributed by atoms with van der Waals surface area (Å²) in [6, 6.07) is 4.97. The van der Waals surface area contributed by atoms with E-state index in [1.54, 1.807) is 0 Å². The minimum absolute atomic E-state index is 0.171. The van der Waals surface area contributed by atoms with Crippen LogP contribution in [0.2, 0.25) is 0 Å². The summed E-state index contributed by atoms with van der Waals surface area (Å²) in [5.41, 5.74) is 2.12. The van der Waals surface area contributed by atoms with Crippen LogP contribution in [0.1, 0.15) is 54.5 Å². The van der Waals surface area contributed by atoms with Gasteiger partial charge in [-0.3, -0.25) is 4.68 Å². The zero-order chi connectivity index (χ0) is 18.3. The summed E-state index contributed by atoms with van der Waals surface area (Å²) >= 11 is 0. The maximum absolute atomic E-state index is 13.6. The molecule has 8 heteroatoms. The predicted octanol–water partition coefficient (Wildman–Crippen LogP) is 3.04. The zero-order valence-corrected chi connectivity index (χ0v) is 15.1. The van der Waals surface area contributed by atoms with Crippen LogP contribution >= 0.6 is 0 Å². The molecule has 0 atom stereocenters. The van der Waals surface area contributed by atoms with Crippen LogP contribution in [-0.2, 0) is 22.3 Å². The monoisotopic (exact) mass is 381 g/mol. The molecule has 1 aromatic heterocycles. The van der Waals surface area contributed by atoms with E-state index in [1.807, 2.05) is 4.68 Å². The lowest BCUT2D eigenvalue weighted by Gasteiger charge is -2.10. The third kappa shape index (κ3) is 4.12. The molecule has 5 nitrogen and oxygen atoms in total. The van der Waals surface area contributed by atoms with Crippen molar-refractivity contribution in [1.29, 1.82) is 0 Å². The van der Waals surface area contributed by atoms with E-state index in [4.69, 9.17) is 0 Å². The molecule has 0 saturated heterocycles. The molecule has 0 bridgehead atoms. The van der Waals surface area contributed by atoms with Gasteiger partial charge in [-0.15, -0.1) is 0 Å². The Kier molecular flexibility index (Phi) is 4.56. The van der Waals surface area contributed by atoms with Gasteiger partial charge < -0.3 is 0 Å². The van der Waals surface area contributed by atoms with Crippen molar-refractivity contribution in [3.05, 3.63) is 52.9 Å². The number of halogens is 2. The first kappa shape index (κ1) is 17.6. The van der Waals surface area contributed by atoms with Gasteiger partial charge >= 0.3 is 0 Å². The van der Waals surface area contributed by atoms with E-state index in [2.05, 4.69) is 15.9 Å². The minimum atomic E-state index is -3.76. The number of nitrogens with one attached hydrogen (secondary N) is 1. The molecule has 2 aliphatic carbocycles. The Balaban J connectivity index is 1.38. The van der Waals surface area contributed by atoms with Gasteiger partial charge in [0.15, 0.2) is 0 Å². The molecule has 0 unspecified atom stereocenters. The number of aromatic nitrogens is 2. The SMILES string of the molecule is O=S(=O)(Cc1cc(F)ccc1F)NCCn1nc(C2CC2)cc1C1CC1. The number of hydrogen-bond acceptors (Lipinski definition) is 3. The summed E-state index contributed by atoms with van der Waals surface area (Å²) in [5.74, 6) is -0.878. The maximum Gasteiger partial charge on any atom is 0.215 e. The van der Waals surface area contributed by atoms with Gasteiger partial charge in [0.25, 0.3) is 0 Å². The van der Waals surface area contributed by atoms with Gasteiger partial charge in [-0.1, -0.05) is 0 Å². The van der Waals surface area contributed by atoms with Crippen molar-refractivity contribution in [2.75, 3.05) is 6.54 Å². The summed E-state index contributed by atoms with van der Waals surface area (Å²) in [6.07, 6.45) is 4.65. The van der Waals surface area contributed by atoms with Crippen LogP contribution in [-0.4, -0.2) is 24.7 Å². The van der Waals surface area contributed by atoms with Crippen molar-refractivity contribution in [1.82, 2.24) is 14.5 Å². The largest absolute Gasteiger partial charge is 0.268 e. The Labute approximate surface area is 151 Å². The highest BCUT2D eigenvalue weighted by molar-refractivity contribution is 7.88. The van der Waals surface area contributed by atoms with Crippen molar-refractivity contribution < 1.29 is 17.2 Å². The van der Waals surface area contributed by atoms with E-state index >= 15 is 0 Å². The fourth-order valence-corrected chi connectivity index (χ4v) is 4.27. The first-order valence-electron chi connectivity index (χ1n) is 8.90. The second-order valence-corrected chi connectivity index (χ2v) is 8.96. The third-order valence-electron chi connectivity index (χ3n) is 4.82. The lowest BCUT2D eigenvalue weighted by atomic mass is 10.2. The molecule has 0 spiro atoms. The highest BCUT2D eigenvalue weighted by atomic mass is 32.2. The van der Waals surface area contributed by atoms with Gasteiger partial charge in [-0.2, -0.15) is 5.10 Å². The molecule has 2 aliphatic rings. The van der Waals surface area contributed by atoms with Gasteiger partial charge in [0.05, 0.1) is 18.0 Å². The second kappa shape index (κ2) is 6.74. The van der Waals surface area contributed by atoms with Crippen molar-refractivity contribution in [3.8, 4) is 0 Å². The average molecular weight is 381 g/mol. The van der Waals surface area contributed by atoms with Gasteiger partial charge in [0.2, 0.25) is 10.0 Å². The average Bonchev–Trinajstić information content (AvgIpc) is 3.49. The molecule has 26 heavy (non-hydrogen) atoms. The molecule has 2 fully saturated rings. The highest BCUT2D eigenvalue weighted by Crippen LogP contribution is 2.44. The fraction of sp³-hybridized carbons (Fsp3) is 0.500. The van der Waals surface area contributed by atoms with Crippen LogP contribution in [0, 0.1) is 11.6 Å². The van der Waals surface area contributed by atoms with Crippen LogP contribution in [0.5, 0.6) is 0 Å². The summed E-state index contributed by atoms with van der Waals surface area (Å²) in [7, 11) is -3.76. The summed E-state index contributed by atoms with van der Waals surface area (Å²) < 4.78 is 55.6. The van der Waals surface area contributed by atoms with Crippen molar-refractivity contribution in [3.63, 3.8) is 0 Å². The van der Waals surface area contributed by atoms with E-state index in [1.165, 1.54) is 18.5 Å². The number of rotatable bonds is 8. The molecule has 1 heterocycles. The second-order valence-electron chi connectivity index (χ2n) is 7.15. The number of benzene rings is 1. The highest BCUT2D eigenvalue weighted by Gasteiger charge is 2.32. The van der Waals surface area contributed by atoms with Crippen LogP contribution in [0.15, 0.2) is 24.3 Å². The molecule has 2 aromatic rings. The third-order valence-corrected chi connectivity index (χ3v) is 6.16. The smallest absolute Gasteiger partial charge is 0.215 e. The van der Waals surface area contributed by atoms with Crippen molar-refractivity contribution >= 4 is 10.0 Å². The Morgan fingerprint density at radius 3 is 2.54 bits per heavy atom. The van der Waals surface area contributed by atoms with Gasteiger partial charge in [0, 0.05) is 29.6 Å². The Morgan fingerprint density at radius 2 is 1.85 bits per heavy atom. The molecule has 1 aromatic carbocycles. The molecular formula is C18H21F2N3O2S. The molecular weight excluding hydrogens is 360 g/mol. The van der Waals surface area contributed by atoms with E-state index in [9.17, 15) is 17.2 Å². The lowest BCUT2D eigenvalue weighted by molar-refractivity contribution is 0.545. The van der Waals surface area contributed by atoms with E-state index in [0.717, 1.165) is 36.7 Å². The van der Waals surface area contributed by atoms with Crippen LogP contribution in [0.4, 0.5) is 8.78 Å². The maximum atomic E-state index is 13.6. The molecule has 140 valence electrons. The first-order valence-corrected chi connectivity index (χ1v) is 10.6. The zero-order valence-electron chi connectivity index (χ0n) is 14.3. The van der Waals surface area contributed by atoms with Crippen LogP contribution in [0.3, 0.4) is 0 Å². The Bertz CT molecular complexity index is 919. The Morgan fingerprint density at radius 1 is 1.12 bits per heavy atom. The van der Waals surface area contributed by atoms with E-state index < -0.39 is 27.4 Å². The van der Waals surface area contributed by atoms with Crippen molar-refractivity contribution in [2.45, 2.75) is 49.8 Å². The summed E-state index contributed by atoms with van der Waals surface area (Å²) in [6.45, 7) is 0.605. The number of nitrogens with zero attached hydrogens (tertiary/aromatic N) is 2. The number of sulfonamides is 1. The van der Waals surface area contributed by atoms with Gasteiger partial charge in [-0.05, 0) is 49.9 Å². The molecule has 4 rings (SSSR count). The van der Waals surface area contributed by atoms with E-state index in [-0.39, 0.29) is 12.1 Å². The molecule has 2 saturated carbocycles. The fourth-order valence-electron chi connectivity index (χ4n) is 3.13. The van der Waals surface area contributed by atoms with Gasteiger partial charge in [0.1, 0.15) is 11.6 Å². The quantitative estimate of drug-likeness (QED) is 0.764. The minimum Gasteiger partial charge on any atom is -0.268 e.